The van der Waals surface area contributed by atoms with E-state index in [0.29, 0.717) is 17.8 Å². The number of nitrogens with zero attached hydrogens (tertiary/aromatic N) is 2. The molecule has 0 aliphatic heterocycles. The first-order valence-electron chi connectivity index (χ1n) is 14.1. The number of fused-ring (bicyclic) bond motifs is 1. The number of hydrogen-bond donors (Lipinski definition) is 2. The molecule has 2 N–H and O–H groups in total. The van der Waals surface area contributed by atoms with E-state index in [-0.39, 0.29) is 24.4 Å². The molecule has 1 aliphatic carbocycles. The Kier molecular flexibility index (Phi) is 9.23. The van der Waals surface area contributed by atoms with Crippen molar-refractivity contribution < 1.29 is 19.1 Å². The lowest BCUT2D eigenvalue weighted by Crippen LogP contribution is -2.46. The number of carbonyl (C=O) groups is 3. The minimum Gasteiger partial charge on any atom is -0.465 e. The molecule has 0 spiro atoms. The van der Waals surface area contributed by atoms with Crippen molar-refractivity contribution in [3.63, 3.8) is 0 Å². The van der Waals surface area contributed by atoms with Crippen LogP contribution in [0.25, 0.3) is 0 Å². The molecule has 8 nitrogen and oxygen atoms in total. The molecular weight excluding hydrogens is 528 g/mol. The molecule has 5 rings (SSSR count). The van der Waals surface area contributed by atoms with E-state index in [1.54, 1.807) is 24.4 Å². The van der Waals surface area contributed by atoms with Gasteiger partial charge in [-0.3, -0.25) is 9.78 Å². The summed E-state index contributed by atoms with van der Waals surface area (Å²) in [5, 5.41) is 5.41. The zero-order valence-corrected chi connectivity index (χ0v) is 23.5. The summed E-state index contributed by atoms with van der Waals surface area (Å²) in [7, 11) is 1.30. The molecule has 2 atom stereocenters. The number of amides is 3. The smallest absolute Gasteiger partial charge is 0.337 e. The maximum absolute atomic E-state index is 14.0. The zero-order chi connectivity index (χ0) is 29.3. The second kappa shape index (κ2) is 13.6. The van der Waals surface area contributed by atoms with Crippen LogP contribution in [0.3, 0.4) is 0 Å². The third-order valence-corrected chi connectivity index (χ3v) is 7.60. The summed E-state index contributed by atoms with van der Waals surface area (Å²) in [6, 6.07) is 30.0. The Morgan fingerprint density at radius 1 is 0.929 bits per heavy atom. The van der Waals surface area contributed by atoms with Gasteiger partial charge in [-0.2, -0.15) is 0 Å². The number of nitrogens with one attached hydrogen (secondary N) is 2. The Hall–Kier alpha value is -4.98. The molecule has 0 saturated heterocycles. The number of aromatic nitrogens is 1. The van der Waals surface area contributed by atoms with Crippen LogP contribution in [0.1, 0.15) is 45.2 Å². The van der Waals surface area contributed by atoms with Crippen LogP contribution in [0.15, 0.2) is 103 Å². The van der Waals surface area contributed by atoms with E-state index in [1.807, 2.05) is 53.4 Å². The minimum atomic E-state index is -0.548. The fraction of sp³-hybridized carbons (Fsp3) is 0.235. The van der Waals surface area contributed by atoms with Crippen LogP contribution in [0, 0.1) is 5.92 Å². The second-order valence-electron chi connectivity index (χ2n) is 10.4. The normalized spacial score (nSPS) is 15.6. The van der Waals surface area contributed by atoms with Crippen LogP contribution in [0.2, 0.25) is 0 Å². The van der Waals surface area contributed by atoms with Gasteiger partial charge in [0, 0.05) is 11.9 Å². The predicted octanol–water partition coefficient (Wildman–Crippen LogP) is 5.56. The van der Waals surface area contributed by atoms with Crippen LogP contribution in [0.4, 0.5) is 10.5 Å². The summed E-state index contributed by atoms with van der Waals surface area (Å²) in [5.41, 5.74) is 5.10. The molecule has 0 saturated carbocycles. The molecule has 0 unspecified atom stereocenters. The third-order valence-electron chi connectivity index (χ3n) is 7.60. The van der Waals surface area contributed by atoms with Crippen molar-refractivity contribution in [2.24, 2.45) is 5.92 Å². The highest BCUT2D eigenvalue weighted by atomic mass is 16.5. The molecule has 0 fully saturated rings. The molecule has 0 radical (unpaired) electrons. The van der Waals surface area contributed by atoms with Gasteiger partial charge >= 0.3 is 12.0 Å². The Balaban J connectivity index is 1.38. The maximum Gasteiger partial charge on any atom is 0.337 e. The quantitative estimate of drug-likeness (QED) is 0.260. The number of esters is 1. The lowest BCUT2D eigenvalue weighted by atomic mass is 9.76. The number of carbonyl (C=O) groups excluding carboxylic acids is 3. The van der Waals surface area contributed by atoms with E-state index < -0.39 is 12.0 Å². The van der Waals surface area contributed by atoms with E-state index in [9.17, 15) is 14.4 Å². The average Bonchev–Trinajstić information content (AvgIpc) is 3.03. The predicted molar refractivity (Wildman–Crippen MR) is 161 cm³/mol. The number of aryl methyl sites for hydroxylation is 1. The van der Waals surface area contributed by atoms with Crippen molar-refractivity contribution in [1.29, 1.82) is 0 Å². The summed E-state index contributed by atoms with van der Waals surface area (Å²) < 4.78 is 4.76. The summed E-state index contributed by atoms with van der Waals surface area (Å²) in [5.74, 6) is -0.527. The van der Waals surface area contributed by atoms with E-state index in [4.69, 9.17) is 4.74 Å². The molecule has 1 aromatic heterocycles. The molecule has 0 bridgehead atoms. The molecule has 1 aliphatic rings. The van der Waals surface area contributed by atoms with Gasteiger partial charge in [0.25, 0.3) is 0 Å². The Labute approximate surface area is 245 Å². The van der Waals surface area contributed by atoms with E-state index >= 15 is 0 Å². The first kappa shape index (κ1) is 28.5. The SMILES string of the molecule is COC(=O)c1cccc(NC(=O)NCC(=O)N(Cc2ccccn2)[C@@H]2c3ccccc3CC[C@H]2Cc2ccccc2)c1. The van der Waals surface area contributed by atoms with Crippen molar-refractivity contribution in [2.75, 3.05) is 19.0 Å². The largest absolute Gasteiger partial charge is 0.465 e. The van der Waals surface area contributed by atoms with Crippen LogP contribution in [-0.4, -0.2) is 41.4 Å². The first-order valence-corrected chi connectivity index (χ1v) is 14.1. The van der Waals surface area contributed by atoms with E-state index in [0.717, 1.165) is 30.5 Å². The monoisotopic (exact) mass is 562 g/mol. The number of anilines is 1. The van der Waals surface area contributed by atoms with Gasteiger partial charge in [-0.1, -0.05) is 66.7 Å². The van der Waals surface area contributed by atoms with Crippen molar-refractivity contribution in [3.05, 3.63) is 131 Å². The summed E-state index contributed by atoms with van der Waals surface area (Å²) in [4.78, 5) is 45.0. The average molecular weight is 563 g/mol. The van der Waals surface area contributed by atoms with Gasteiger partial charge in [-0.25, -0.2) is 9.59 Å². The van der Waals surface area contributed by atoms with Gasteiger partial charge in [-0.05, 0) is 72.2 Å². The molecule has 8 heteroatoms. The lowest BCUT2D eigenvalue weighted by molar-refractivity contribution is -0.135. The summed E-state index contributed by atoms with van der Waals surface area (Å²) in [6.07, 6.45) is 4.44. The van der Waals surface area contributed by atoms with Gasteiger partial charge in [-0.15, -0.1) is 0 Å². The number of pyridine rings is 1. The Morgan fingerprint density at radius 2 is 1.71 bits per heavy atom. The highest BCUT2D eigenvalue weighted by molar-refractivity contribution is 5.95. The van der Waals surface area contributed by atoms with Crippen LogP contribution >= 0.6 is 0 Å². The van der Waals surface area contributed by atoms with Gasteiger partial charge in [0.2, 0.25) is 5.91 Å². The van der Waals surface area contributed by atoms with Crippen molar-refractivity contribution >= 4 is 23.6 Å². The second-order valence-corrected chi connectivity index (χ2v) is 10.4. The highest BCUT2D eigenvalue weighted by Crippen LogP contribution is 2.41. The fourth-order valence-electron chi connectivity index (χ4n) is 5.64. The Bertz CT molecular complexity index is 1530. The van der Waals surface area contributed by atoms with Crippen molar-refractivity contribution in [3.8, 4) is 0 Å². The fourth-order valence-corrected chi connectivity index (χ4v) is 5.64. The number of urea groups is 1. The van der Waals surface area contributed by atoms with Gasteiger partial charge in [0.1, 0.15) is 0 Å². The van der Waals surface area contributed by atoms with Crippen molar-refractivity contribution in [1.82, 2.24) is 15.2 Å². The highest BCUT2D eigenvalue weighted by Gasteiger charge is 2.36. The maximum atomic E-state index is 14.0. The lowest BCUT2D eigenvalue weighted by Gasteiger charge is -2.41. The molecule has 3 amide bonds. The summed E-state index contributed by atoms with van der Waals surface area (Å²) in [6.45, 7) is 0.112. The number of ether oxygens (including phenoxy) is 1. The number of methoxy groups -OCH3 is 1. The van der Waals surface area contributed by atoms with Gasteiger partial charge in [0.05, 0.1) is 37.5 Å². The minimum absolute atomic E-state index is 0.185. The molecule has 214 valence electrons. The standard InChI is InChI=1S/C34H34N4O4/c1-42-33(40)27-13-9-15-28(21-27)37-34(41)36-22-31(39)38(23-29-14-7-8-19-35-29)32-26(20-24-10-3-2-4-11-24)18-17-25-12-5-6-16-30(25)32/h2-16,19,21,26,32H,17-18,20,22-23H2,1H3,(H2,36,37,41)/t26-,32-/m0/s1. The van der Waals surface area contributed by atoms with E-state index in [2.05, 4.69) is 39.9 Å². The van der Waals surface area contributed by atoms with Gasteiger partial charge < -0.3 is 20.3 Å². The number of benzene rings is 3. The third kappa shape index (κ3) is 7.01. The molecule has 3 aromatic carbocycles. The number of rotatable bonds is 9. The first-order chi connectivity index (χ1) is 20.5. The zero-order valence-electron chi connectivity index (χ0n) is 23.5. The molecule has 1 heterocycles. The van der Waals surface area contributed by atoms with Gasteiger partial charge in [0.15, 0.2) is 0 Å². The van der Waals surface area contributed by atoms with Crippen LogP contribution in [-0.2, 0) is 28.9 Å². The molecule has 42 heavy (non-hydrogen) atoms. The molecular formula is C34H34N4O4. The van der Waals surface area contributed by atoms with Crippen LogP contribution < -0.4 is 10.6 Å². The number of hydrogen-bond acceptors (Lipinski definition) is 5. The van der Waals surface area contributed by atoms with Crippen LogP contribution in [0.5, 0.6) is 0 Å². The topological polar surface area (TPSA) is 101 Å². The Morgan fingerprint density at radius 3 is 2.50 bits per heavy atom. The molecule has 4 aromatic rings. The van der Waals surface area contributed by atoms with Crippen molar-refractivity contribution in [2.45, 2.75) is 31.8 Å². The van der Waals surface area contributed by atoms with E-state index in [1.165, 1.54) is 24.3 Å². The summed E-state index contributed by atoms with van der Waals surface area (Å²) >= 11 is 0.